The third-order valence-electron chi connectivity index (χ3n) is 8.02. The van der Waals surface area contributed by atoms with Crippen LogP contribution in [-0.4, -0.2) is 23.4 Å². The van der Waals surface area contributed by atoms with E-state index in [1.165, 1.54) is 78.9 Å². The van der Waals surface area contributed by atoms with Gasteiger partial charge in [-0.3, -0.25) is 0 Å². The molecule has 3 atom stereocenters. The molecule has 11 heteroatoms. The second kappa shape index (κ2) is 14.7. The van der Waals surface area contributed by atoms with Gasteiger partial charge in [-0.25, -0.2) is 0 Å². The van der Waals surface area contributed by atoms with Crippen LogP contribution in [0.1, 0.15) is 51.1 Å². The predicted molar refractivity (Wildman–Crippen MR) is 164 cm³/mol. The Bertz CT molecular complexity index is 1790. The Morgan fingerprint density at radius 2 is 1.31 bits per heavy atom. The van der Waals surface area contributed by atoms with Gasteiger partial charge in [-0.2, -0.15) is 30.7 Å². The summed E-state index contributed by atoms with van der Waals surface area (Å²) in [6.45, 7) is -6.29. The Morgan fingerprint density at radius 1 is 0.667 bits per heavy atom. The van der Waals surface area contributed by atoms with E-state index in [1.54, 1.807) is 30.3 Å². The molecule has 0 spiro atoms. The lowest BCUT2D eigenvalue weighted by Gasteiger charge is -2.36. The van der Waals surface area contributed by atoms with Crippen LogP contribution in [0.5, 0.6) is 23.0 Å². The van der Waals surface area contributed by atoms with Crippen molar-refractivity contribution >= 4 is 0 Å². The molecule has 0 bridgehead atoms. The van der Waals surface area contributed by atoms with Crippen molar-refractivity contribution in [2.75, 3.05) is 0 Å². The summed E-state index contributed by atoms with van der Waals surface area (Å²) in [6.07, 6.45) is -4.98. The molecule has 0 aliphatic heterocycles. The molecule has 4 nitrogen and oxygen atoms in total. The summed E-state index contributed by atoms with van der Waals surface area (Å²) in [5.74, 6) is -3.38. The van der Waals surface area contributed by atoms with Gasteiger partial charge in [0.25, 0.3) is 0 Å². The summed E-state index contributed by atoms with van der Waals surface area (Å²) < 4.78 is 105. The number of benzene rings is 5. The highest BCUT2D eigenvalue weighted by atomic mass is 19.4. The summed E-state index contributed by atoms with van der Waals surface area (Å²) in [6, 6.07) is 29.4. The predicted octanol–water partition coefficient (Wildman–Crippen LogP) is 10.1. The maximum atomic E-state index is 14.3. The molecule has 5 aromatic rings. The maximum absolute atomic E-state index is 14.3. The van der Waals surface area contributed by atoms with Crippen molar-refractivity contribution in [1.29, 1.82) is 0 Å². The number of rotatable bonds is 12. The normalized spacial score (nSPS) is 13.7. The molecule has 2 N–H and O–H groups in total. The Hall–Kier alpha value is -5.19. The lowest BCUT2D eigenvalue weighted by atomic mass is 9.67. The van der Waals surface area contributed by atoms with E-state index in [0.29, 0.717) is 22.3 Å². The molecule has 1 radical (unpaired) electrons. The summed E-state index contributed by atoms with van der Waals surface area (Å²) in [7, 11) is 0. The second-order valence-corrected chi connectivity index (χ2v) is 10.9. The number of halogens is 7. The molecule has 249 valence electrons. The van der Waals surface area contributed by atoms with Crippen LogP contribution in [0.15, 0.2) is 115 Å². The zero-order chi connectivity index (χ0) is 34.4. The van der Waals surface area contributed by atoms with Crippen LogP contribution < -0.4 is 9.47 Å². The van der Waals surface area contributed by atoms with E-state index in [0.717, 1.165) is 6.07 Å². The van der Waals surface area contributed by atoms with Crippen LogP contribution in [0, 0.1) is 6.07 Å². The fourth-order valence-corrected chi connectivity index (χ4v) is 6.07. The Labute approximate surface area is 271 Å². The van der Waals surface area contributed by atoms with Crippen LogP contribution in [0.3, 0.4) is 0 Å². The smallest absolute Gasteiger partial charge is 0.416 e. The van der Waals surface area contributed by atoms with E-state index >= 15 is 0 Å². The van der Waals surface area contributed by atoms with Crippen molar-refractivity contribution in [3.63, 3.8) is 0 Å². The van der Waals surface area contributed by atoms with Gasteiger partial charge in [0.05, 0.1) is 5.56 Å². The van der Waals surface area contributed by atoms with Crippen LogP contribution >= 0.6 is 0 Å². The van der Waals surface area contributed by atoms with Crippen molar-refractivity contribution in [3.8, 4) is 23.0 Å². The monoisotopic (exact) mass is 669 g/mol. The summed E-state index contributed by atoms with van der Waals surface area (Å²) >= 11 is 0. The molecule has 0 amide bonds. The quantitative estimate of drug-likeness (QED) is 0.130. The molecule has 0 saturated heterocycles. The fraction of sp³-hybridized carbons (Fsp3) is 0.189. The van der Waals surface area contributed by atoms with Gasteiger partial charge in [-0.15, -0.1) is 0 Å². The van der Waals surface area contributed by atoms with Crippen LogP contribution in [0.4, 0.5) is 30.7 Å². The topological polar surface area (TPSA) is 58.9 Å². The third-order valence-corrected chi connectivity index (χ3v) is 8.02. The largest absolute Gasteiger partial charge is 0.508 e. The number of phenols is 2. The molecular formula is C37H28F7O4. The van der Waals surface area contributed by atoms with Gasteiger partial charge in [-0.05, 0) is 89.2 Å². The molecule has 0 aliphatic rings. The lowest BCUT2D eigenvalue weighted by molar-refractivity contribution is -0.138. The first-order valence-electron chi connectivity index (χ1n) is 14.6. The Balaban J connectivity index is 1.81. The van der Waals surface area contributed by atoms with Gasteiger partial charge in [0, 0.05) is 17.4 Å². The number of alkyl halides is 7. The van der Waals surface area contributed by atoms with Crippen molar-refractivity contribution in [1.82, 2.24) is 0 Å². The number of ether oxygens (including phenoxy) is 2. The van der Waals surface area contributed by atoms with Crippen LogP contribution in [-0.2, 0) is 12.6 Å². The SMILES string of the molecule is Oc1ccc(C(c2cc[c]cc2O)C(c2cccc(OC(F)F)c2)C(Cc2ccccc2C(F)(F)F)c2ccc(OC(F)F)cc2)cc1. The molecule has 0 aromatic heterocycles. The Kier molecular flexibility index (Phi) is 10.5. The van der Waals surface area contributed by atoms with E-state index in [-0.39, 0.29) is 35.0 Å². The highest BCUT2D eigenvalue weighted by molar-refractivity contribution is 5.49. The highest BCUT2D eigenvalue weighted by Crippen LogP contribution is 2.51. The zero-order valence-electron chi connectivity index (χ0n) is 24.9. The number of hydrogen-bond donors (Lipinski definition) is 2. The van der Waals surface area contributed by atoms with Crippen LogP contribution in [0.25, 0.3) is 0 Å². The first-order chi connectivity index (χ1) is 22.9. The minimum absolute atomic E-state index is 0.0720. The first kappa shape index (κ1) is 34.2. The standard InChI is InChI=1S/C37H28F7O4/c38-35(39)47-27-18-14-22(15-19-27)30(21-24-6-1-3-10-31(24)37(42,43)44)34(25-7-5-8-28(20-25)48-36(40)41)33(23-12-16-26(45)17-13-23)29-9-2-4-11-32(29)46/h1-3,5-20,30,33-36,45-46H,21H2. The third kappa shape index (κ3) is 8.20. The molecule has 5 aromatic carbocycles. The maximum Gasteiger partial charge on any atom is 0.416 e. The zero-order valence-corrected chi connectivity index (χ0v) is 24.9. The molecule has 0 aliphatic carbocycles. The van der Waals surface area contributed by atoms with Gasteiger partial charge in [-0.1, -0.05) is 66.7 Å². The molecule has 48 heavy (non-hydrogen) atoms. The Morgan fingerprint density at radius 3 is 1.96 bits per heavy atom. The van der Waals surface area contributed by atoms with Gasteiger partial charge >= 0.3 is 19.4 Å². The number of aromatic hydroxyl groups is 2. The van der Waals surface area contributed by atoms with Crippen molar-refractivity contribution in [2.45, 2.75) is 43.6 Å². The van der Waals surface area contributed by atoms with Crippen molar-refractivity contribution in [3.05, 3.63) is 155 Å². The fourth-order valence-electron chi connectivity index (χ4n) is 6.07. The van der Waals surface area contributed by atoms with E-state index in [1.807, 2.05) is 0 Å². The molecule has 5 rings (SSSR count). The first-order valence-corrected chi connectivity index (χ1v) is 14.6. The van der Waals surface area contributed by atoms with Crippen LogP contribution in [0.2, 0.25) is 0 Å². The van der Waals surface area contributed by atoms with E-state index in [4.69, 9.17) is 4.74 Å². The number of hydrogen-bond acceptors (Lipinski definition) is 4. The van der Waals surface area contributed by atoms with Gasteiger partial charge in [0.15, 0.2) is 0 Å². The molecule has 3 unspecified atom stereocenters. The summed E-state index contributed by atoms with van der Waals surface area (Å²) in [4.78, 5) is 0. The highest BCUT2D eigenvalue weighted by Gasteiger charge is 2.39. The minimum atomic E-state index is -4.72. The van der Waals surface area contributed by atoms with Crippen molar-refractivity contribution < 1.29 is 50.4 Å². The van der Waals surface area contributed by atoms with Gasteiger partial charge < -0.3 is 19.7 Å². The summed E-state index contributed by atoms with van der Waals surface area (Å²) in [5, 5.41) is 21.2. The van der Waals surface area contributed by atoms with E-state index in [9.17, 15) is 40.9 Å². The van der Waals surface area contributed by atoms with E-state index in [2.05, 4.69) is 10.8 Å². The summed E-state index contributed by atoms with van der Waals surface area (Å²) in [5.41, 5.74) is 0.649. The van der Waals surface area contributed by atoms with Gasteiger partial charge in [0.1, 0.15) is 23.0 Å². The minimum Gasteiger partial charge on any atom is -0.508 e. The molecule has 0 fully saturated rings. The average Bonchev–Trinajstić information content (AvgIpc) is 3.03. The van der Waals surface area contributed by atoms with Crippen molar-refractivity contribution in [2.24, 2.45) is 0 Å². The molecular weight excluding hydrogens is 641 g/mol. The van der Waals surface area contributed by atoms with Gasteiger partial charge in [0.2, 0.25) is 0 Å². The second-order valence-electron chi connectivity index (χ2n) is 10.9. The molecule has 0 saturated carbocycles. The lowest BCUT2D eigenvalue weighted by Crippen LogP contribution is -2.24. The number of phenolic OH excluding ortho intramolecular Hbond substituents is 2. The average molecular weight is 670 g/mol. The van der Waals surface area contributed by atoms with E-state index < -0.39 is 42.7 Å². The molecule has 0 heterocycles.